The van der Waals surface area contributed by atoms with Gasteiger partial charge in [-0.2, -0.15) is 0 Å². The summed E-state index contributed by atoms with van der Waals surface area (Å²) < 4.78 is 0. The van der Waals surface area contributed by atoms with E-state index in [0.717, 1.165) is 38.0 Å². The molecule has 1 aromatic heterocycles. The van der Waals surface area contributed by atoms with Crippen molar-refractivity contribution in [1.82, 2.24) is 10.3 Å². The number of aromatic nitrogens is 1. The topological polar surface area (TPSA) is 48.4 Å². The monoisotopic (exact) mass is 291 g/mol. The fourth-order valence-corrected chi connectivity index (χ4v) is 3.09. The molecule has 1 saturated carbocycles. The molecule has 2 N–H and O–H groups in total. The van der Waals surface area contributed by atoms with E-state index in [9.17, 15) is 5.11 Å². The molecular weight excluding hydrogens is 262 g/mol. The number of likely N-dealkylation sites (N-methyl/N-ethyl adjacent to an activating group) is 1. The predicted molar refractivity (Wildman–Crippen MR) is 87.6 cm³/mol. The van der Waals surface area contributed by atoms with Gasteiger partial charge in [-0.05, 0) is 50.4 Å². The average Bonchev–Trinajstić information content (AvgIpc) is 2.52. The molecule has 0 amide bonds. The van der Waals surface area contributed by atoms with Gasteiger partial charge < -0.3 is 15.3 Å². The molecule has 1 aliphatic rings. The van der Waals surface area contributed by atoms with Gasteiger partial charge in [-0.25, -0.2) is 4.98 Å². The highest BCUT2D eigenvalue weighted by Crippen LogP contribution is 2.26. The van der Waals surface area contributed by atoms with Crippen molar-refractivity contribution in [2.45, 2.75) is 64.1 Å². The molecule has 0 radical (unpaired) electrons. The van der Waals surface area contributed by atoms with Crippen molar-refractivity contribution in [2.24, 2.45) is 0 Å². The summed E-state index contributed by atoms with van der Waals surface area (Å²) in [5.41, 5.74) is 1.26. The minimum Gasteiger partial charge on any atom is -0.391 e. The summed E-state index contributed by atoms with van der Waals surface area (Å²) in [6, 6.07) is 4.74. The normalized spacial score (nSPS) is 23.8. The van der Waals surface area contributed by atoms with Gasteiger partial charge in [-0.15, -0.1) is 0 Å². The van der Waals surface area contributed by atoms with Crippen LogP contribution in [0.4, 0.5) is 5.82 Å². The Balaban J connectivity index is 2.08. The lowest BCUT2D eigenvalue weighted by atomic mass is 9.91. The van der Waals surface area contributed by atoms with Crippen molar-refractivity contribution >= 4 is 5.82 Å². The lowest BCUT2D eigenvalue weighted by Crippen LogP contribution is -2.43. The maximum absolute atomic E-state index is 10.2. The highest BCUT2D eigenvalue weighted by atomic mass is 16.3. The van der Waals surface area contributed by atoms with E-state index in [0.29, 0.717) is 6.04 Å². The van der Waals surface area contributed by atoms with Gasteiger partial charge >= 0.3 is 0 Å². The molecule has 3 atom stereocenters. The first kappa shape index (κ1) is 16.2. The summed E-state index contributed by atoms with van der Waals surface area (Å²) >= 11 is 0. The molecule has 1 heterocycles. The van der Waals surface area contributed by atoms with Crippen molar-refractivity contribution < 1.29 is 5.11 Å². The number of aliphatic hydroxyl groups is 1. The molecule has 0 bridgehead atoms. The molecule has 0 aromatic carbocycles. The number of anilines is 1. The Hall–Kier alpha value is -1.13. The standard InChI is InChI=1S/C17H29N3O/c1-4-10-18-13(2)14-9-11-19-17(12-14)20(3)15-7-5-6-8-16(15)21/h9,11-13,15-16,18,21H,4-8,10H2,1-3H3. The predicted octanol–water partition coefficient (Wildman–Crippen LogP) is 2.88. The van der Waals surface area contributed by atoms with E-state index in [1.807, 2.05) is 6.20 Å². The molecule has 3 unspecified atom stereocenters. The lowest BCUT2D eigenvalue weighted by Gasteiger charge is -2.36. The molecule has 0 spiro atoms. The van der Waals surface area contributed by atoms with Gasteiger partial charge in [0.1, 0.15) is 5.82 Å². The van der Waals surface area contributed by atoms with Gasteiger partial charge in [0, 0.05) is 19.3 Å². The maximum atomic E-state index is 10.2. The third-order valence-electron chi connectivity index (χ3n) is 4.52. The molecule has 1 aliphatic carbocycles. The number of rotatable bonds is 6. The van der Waals surface area contributed by atoms with Crippen LogP contribution < -0.4 is 10.2 Å². The average molecular weight is 291 g/mol. The Kier molecular flexibility index (Phi) is 6.00. The first-order valence-corrected chi connectivity index (χ1v) is 8.23. The molecule has 21 heavy (non-hydrogen) atoms. The van der Waals surface area contributed by atoms with E-state index >= 15 is 0 Å². The first-order valence-electron chi connectivity index (χ1n) is 8.23. The minimum absolute atomic E-state index is 0.195. The number of nitrogens with one attached hydrogen (secondary N) is 1. The summed E-state index contributed by atoms with van der Waals surface area (Å²) in [6.45, 7) is 5.39. The van der Waals surface area contributed by atoms with Crippen molar-refractivity contribution in [2.75, 3.05) is 18.5 Å². The highest BCUT2D eigenvalue weighted by molar-refractivity contribution is 5.42. The second kappa shape index (κ2) is 7.76. The van der Waals surface area contributed by atoms with E-state index < -0.39 is 0 Å². The van der Waals surface area contributed by atoms with Crippen LogP contribution in [0.25, 0.3) is 0 Å². The summed E-state index contributed by atoms with van der Waals surface area (Å²) in [5, 5.41) is 13.7. The third-order valence-corrected chi connectivity index (χ3v) is 4.52. The van der Waals surface area contributed by atoms with E-state index in [1.165, 1.54) is 12.0 Å². The Labute approximate surface area is 128 Å². The van der Waals surface area contributed by atoms with Crippen LogP contribution in [0.15, 0.2) is 18.3 Å². The summed E-state index contributed by atoms with van der Waals surface area (Å²) in [6.07, 6.45) is 7.06. The molecule has 118 valence electrons. The third kappa shape index (κ3) is 4.17. The first-order chi connectivity index (χ1) is 10.1. The maximum Gasteiger partial charge on any atom is 0.128 e. The van der Waals surface area contributed by atoms with Gasteiger partial charge in [-0.3, -0.25) is 0 Å². The van der Waals surface area contributed by atoms with Crippen LogP contribution >= 0.6 is 0 Å². The van der Waals surface area contributed by atoms with Crippen LogP contribution in [-0.4, -0.2) is 35.8 Å². The van der Waals surface area contributed by atoms with Gasteiger partial charge in [-0.1, -0.05) is 19.8 Å². The van der Waals surface area contributed by atoms with E-state index in [2.05, 4.69) is 48.2 Å². The van der Waals surface area contributed by atoms with E-state index in [-0.39, 0.29) is 12.1 Å². The Bertz CT molecular complexity index is 438. The van der Waals surface area contributed by atoms with Gasteiger partial charge in [0.05, 0.1) is 12.1 Å². The highest BCUT2D eigenvalue weighted by Gasteiger charge is 2.27. The van der Waals surface area contributed by atoms with E-state index in [4.69, 9.17) is 0 Å². The smallest absolute Gasteiger partial charge is 0.128 e. The molecule has 0 saturated heterocycles. The molecule has 1 aromatic rings. The zero-order valence-corrected chi connectivity index (χ0v) is 13.5. The SMILES string of the molecule is CCCNC(C)c1ccnc(N(C)C2CCCCC2O)c1. The zero-order chi connectivity index (χ0) is 15.2. The second-order valence-corrected chi connectivity index (χ2v) is 6.15. The fraction of sp³-hybridized carbons (Fsp3) is 0.706. The molecule has 1 fully saturated rings. The van der Waals surface area contributed by atoms with Crippen molar-refractivity contribution in [3.63, 3.8) is 0 Å². The molecule has 0 aliphatic heterocycles. The lowest BCUT2D eigenvalue weighted by molar-refractivity contribution is 0.106. The summed E-state index contributed by atoms with van der Waals surface area (Å²) in [7, 11) is 2.05. The number of hydrogen-bond acceptors (Lipinski definition) is 4. The van der Waals surface area contributed by atoms with Crippen molar-refractivity contribution in [1.29, 1.82) is 0 Å². The number of aliphatic hydroxyl groups excluding tert-OH is 1. The van der Waals surface area contributed by atoms with Crippen LogP contribution in [-0.2, 0) is 0 Å². The summed E-state index contributed by atoms with van der Waals surface area (Å²) in [4.78, 5) is 6.65. The molecule has 4 heteroatoms. The van der Waals surface area contributed by atoms with Crippen molar-refractivity contribution in [3.8, 4) is 0 Å². The quantitative estimate of drug-likeness (QED) is 0.846. The van der Waals surface area contributed by atoms with Gasteiger partial charge in [0.2, 0.25) is 0 Å². The van der Waals surface area contributed by atoms with Crippen molar-refractivity contribution in [3.05, 3.63) is 23.9 Å². The Morgan fingerprint density at radius 2 is 2.19 bits per heavy atom. The van der Waals surface area contributed by atoms with Crippen LogP contribution in [0.1, 0.15) is 57.6 Å². The van der Waals surface area contributed by atoms with Gasteiger partial charge in [0.15, 0.2) is 0 Å². The number of hydrogen-bond donors (Lipinski definition) is 2. The fourth-order valence-electron chi connectivity index (χ4n) is 3.09. The Morgan fingerprint density at radius 1 is 1.43 bits per heavy atom. The zero-order valence-electron chi connectivity index (χ0n) is 13.5. The molecular formula is C17H29N3O. The number of pyridine rings is 1. The van der Waals surface area contributed by atoms with Crippen LogP contribution in [0.3, 0.4) is 0 Å². The van der Waals surface area contributed by atoms with E-state index in [1.54, 1.807) is 0 Å². The second-order valence-electron chi connectivity index (χ2n) is 6.15. The van der Waals surface area contributed by atoms with Crippen LogP contribution in [0, 0.1) is 0 Å². The van der Waals surface area contributed by atoms with Crippen LogP contribution in [0.5, 0.6) is 0 Å². The largest absolute Gasteiger partial charge is 0.391 e. The summed E-state index contributed by atoms with van der Waals surface area (Å²) in [5.74, 6) is 0.962. The minimum atomic E-state index is -0.232. The molecule has 4 nitrogen and oxygen atoms in total. The molecule has 2 rings (SSSR count). The van der Waals surface area contributed by atoms with Crippen LogP contribution in [0.2, 0.25) is 0 Å². The Morgan fingerprint density at radius 3 is 2.90 bits per heavy atom. The van der Waals surface area contributed by atoms with Gasteiger partial charge in [0.25, 0.3) is 0 Å². The number of nitrogens with zero attached hydrogens (tertiary/aromatic N) is 2.